The molecule has 0 aliphatic heterocycles. The zero-order valence-electron chi connectivity index (χ0n) is 17.3. The first kappa shape index (κ1) is 20.1. The summed E-state index contributed by atoms with van der Waals surface area (Å²) < 4.78 is 1.94. The van der Waals surface area contributed by atoms with Gasteiger partial charge in [0.25, 0.3) is 5.91 Å². The highest BCUT2D eigenvalue weighted by atomic mass is 35.5. The smallest absolute Gasteiger partial charge is 0.254 e. The van der Waals surface area contributed by atoms with Crippen LogP contribution >= 0.6 is 11.6 Å². The van der Waals surface area contributed by atoms with Crippen LogP contribution in [0.25, 0.3) is 22.2 Å². The Kier molecular flexibility index (Phi) is 5.55. The molecule has 0 atom stereocenters. The summed E-state index contributed by atoms with van der Waals surface area (Å²) in [5, 5.41) is 5.86. The van der Waals surface area contributed by atoms with Gasteiger partial charge in [-0.1, -0.05) is 41.9 Å². The van der Waals surface area contributed by atoms with Crippen LogP contribution in [0.15, 0.2) is 60.8 Å². The Bertz CT molecular complexity index is 1230. The minimum atomic E-state index is -0.0551. The largest absolute Gasteiger partial charge is 0.337 e. The minimum absolute atomic E-state index is 0.0551. The molecule has 0 saturated carbocycles. The van der Waals surface area contributed by atoms with E-state index in [0.717, 1.165) is 40.0 Å². The zero-order valence-corrected chi connectivity index (χ0v) is 18.0. The number of amides is 1. The molecule has 0 saturated heterocycles. The number of hydrogen-bond donors (Lipinski definition) is 0. The number of para-hydroxylation sites is 1. The average Bonchev–Trinajstić information content (AvgIpc) is 3.11. The van der Waals surface area contributed by atoms with Gasteiger partial charge in [-0.2, -0.15) is 5.10 Å². The number of fused-ring (bicyclic) bond motifs is 1. The van der Waals surface area contributed by atoms with Crippen LogP contribution in [0.2, 0.25) is 5.02 Å². The highest BCUT2D eigenvalue weighted by Gasteiger charge is 2.19. The van der Waals surface area contributed by atoms with Gasteiger partial charge in [0.2, 0.25) is 0 Å². The van der Waals surface area contributed by atoms with E-state index >= 15 is 0 Å². The van der Waals surface area contributed by atoms with Crippen molar-refractivity contribution >= 4 is 28.4 Å². The summed E-state index contributed by atoms with van der Waals surface area (Å²) in [5.74, 6) is -0.0551. The molecule has 0 aliphatic carbocycles. The van der Waals surface area contributed by atoms with E-state index in [0.29, 0.717) is 17.1 Å². The van der Waals surface area contributed by atoms with E-state index in [2.05, 4.69) is 12.0 Å². The standard InChI is InChI=1S/C24H23ClN4O/c1-4-29-16(2)18(14-26-29)15-28(3)24(30)21-13-23(17-8-7-9-19(25)12-17)27-22-11-6-5-10-20(21)22/h5-14H,4,15H2,1-3H3. The van der Waals surface area contributed by atoms with E-state index in [9.17, 15) is 4.79 Å². The Balaban J connectivity index is 1.74. The second-order valence-corrected chi connectivity index (χ2v) is 7.75. The fourth-order valence-corrected chi connectivity index (χ4v) is 3.83. The SMILES string of the molecule is CCn1ncc(CN(C)C(=O)c2cc(-c3cccc(Cl)c3)nc3ccccc23)c1C. The molecule has 6 heteroatoms. The third-order valence-corrected chi connectivity index (χ3v) is 5.56. The van der Waals surface area contributed by atoms with Gasteiger partial charge in [-0.25, -0.2) is 4.98 Å². The quantitative estimate of drug-likeness (QED) is 0.438. The Morgan fingerprint density at radius 2 is 1.93 bits per heavy atom. The van der Waals surface area contributed by atoms with E-state index in [1.807, 2.05) is 79.4 Å². The van der Waals surface area contributed by atoms with Crippen molar-refractivity contribution in [2.24, 2.45) is 0 Å². The zero-order chi connectivity index (χ0) is 21.3. The Morgan fingerprint density at radius 3 is 2.67 bits per heavy atom. The molecule has 2 aromatic carbocycles. The van der Waals surface area contributed by atoms with Crippen molar-refractivity contribution in [1.29, 1.82) is 0 Å². The lowest BCUT2D eigenvalue weighted by Crippen LogP contribution is -2.26. The third-order valence-electron chi connectivity index (χ3n) is 5.33. The number of aromatic nitrogens is 3. The first-order valence-corrected chi connectivity index (χ1v) is 10.3. The lowest BCUT2D eigenvalue weighted by Gasteiger charge is -2.19. The van der Waals surface area contributed by atoms with Crippen molar-refractivity contribution in [3.05, 3.63) is 82.6 Å². The van der Waals surface area contributed by atoms with E-state index < -0.39 is 0 Å². The molecule has 152 valence electrons. The van der Waals surface area contributed by atoms with Crippen LogP contribution in [-0.4, -0.2) is 32.6 Å². The predicted molar refractivity (Wildman–Crippen MR) is 121 cm³/mol. The molecule has 0 unspecified atom stereocenters. The monoisotopic (exact) mass is 418 g/mol. The molecule has 4 rings (SSSR count). The summed E-state index contributed by atoms with van der Waals surface area (Å²) in [6.07, 6.45) is 1.84. The van der Waals surface area contributed by atoms with E-state index in [1.54, 1.807) is 4.90 Å². The van der Waals surface area contributed by atoms with E-state index in [4.69, 9.17) is 16.6 Å². The molecule has 0 bridgehead atoms. The van der Waals surface area contributed by atoms with Gasteiger partial charge in [0.1, 0.15) is 0 Å². The number of carbonyl (C=O) groups is 1. The topological polar surface area (TPSA) is 51.0 Å². The summed E-state index contributed by atoms with van der Waals surface area (Å²) in [6.45, 7) is 5.39. The minimum Gasteiger partial charge on any atom is -0.337 e. The van der Waals surface area contributed by atoms with Gasteiger partial charge in [-0.15, -0.1) is 0 Å². The molecule has 0 spiro atoms. The van der Waals surface area contributed by atoms with E-state index in [-0.39, 0.29) is 5.91 Å². The molecule has 0 N–H and O–H groups in total. The van der Waals surface area contributed by atoms with Gasteiger partial charge in [0, 0.05) is 47.4 Å². The van der Waals surface area contributed by atoms with Crippen molar-refractivity contribution in [1.82, 2.24) is 19.7 Å². The molecule has 0 radical (unpaired) electrons. The van der Waals surface area contributed by atoms with Crippen LogP contribution in [0.1, 0.15) is 28.5 Å². The normalized spacial score (nSPS) is 11.1. The van der Waals surface area contributed by atoms with Gasteiger partial charge in [-0.05, 0) is 38.1 Å². The molecule has 2 heterocycles. The lowest BCUT2D eigenvalue weighted by molar-refractivity contribution is 0.0787. The second-order valence-electron chi connectivity index (χ2n) is 7.31. The number of halogens is 1. The average molecular weight is 419 g/mol. The van der Waals surface area contributed by atoms with Crippen LogP contribution < -0.4 is 0 Å². The Morgan fingerprint density at radius 1 is 1.13 bits per heavy atom. The summed E-state index contributed by atoms with van der Waals surface area (Å²) in [4.78, 5) is 19.9. The molecular weight excluding hydrogens is 396 g/mol. The summed E-state index contributed by atoms with van der Waals surface area (Å²) in [7, 11) is 1.82. The molecule has 4 aromatic rings. The molecule has 0 fully saturated rings. The van der Waals surface area contributed by atoms with Gasteiger partial charge in [0.15, 0.2) is 0 Å². The van der Waals surface area contributed by atoms with Crippen molar-refractivity contribution < 1.29 is 4.79 Å². The van der Waals surface area contributed by atoms with Crippen molar-refractivity contribution in [2.45, 2.75) is 26.9 Å². The number of carbonyl (C=O) groups excluding carboxylic acids is 1. The maximum absolute atomic E-state index is 13.4. The predicted octanol–water partition coefficient (Wildman–Crippen LogP) is 5.35. The van der Waals surface area contributed by atoms with Crippen LogP contribution in [0, 0.1) is 6.92 Å². The van der Waals surface area contributed by atoms with Crippen LogP contribution in [0.3, 0.4) is 0 Å². The molecule has 1 amide bonds. The van der Waals surface area contributed by atoms with Crippen molar-refractivity contribution in [2.75, 3.05) is 7.05 Å². The van der Waals surface area contributed by atoms with Crippen LogP contribution in [0.5, 0.6) is 0 Å². The molecule has 2 aromatic heterocycles. The molecule has 30 heavy (non-hydrogen) atoms. The molecule has 0 aliphatic rings. The van der Waals surface area contributed by atoms with Gasteiger partial charge < -0.3 is 4.90 Å². The van der Waals surface area contributed by atoms with Gasteiger partial charge >= 0.3 is 0 Å². The molecular formula is C24H23ClN4O. The lowest BCUT2D eigenvalue weighted by atomic mass is 10.0. The van der Waals surface area contributed by atoms with Crippen molar-refractivity contribution in [3.8, 4) is 11.3 Å². The third kappa shape index (κ3) is 3.81. The number of benzene rings is 2. The fraction of sp³-hybridized carbons (Fsp3) is 0.208. The number of hydrogen-bond acceptors (Lipinski definition) is 3. The van der Waals surface area contributed by atoms with Gasteiger partial charge in [-0.3, -0.25) is 9.48 Å². The Hall–Kier alpha value is -3.18. The fourth-order valence-electron chi connectivity index (χ4n) is 3.64. The molecule has 5 nitrogen and oxygen atoms in total. The van der Waals surface area contributed by atoms with Crippen molar-refractivity contribution in [3.63, 3.8) is 0 Å². The van der Waals surface area contributed by atoms with Crippen LogP contribution in [0.4, 0.5) is 0 Å². The van der Waals surface area contributed by atoms with Crippen LogP contribution in [-0.2, 0) is 13.1 Å². The summed E-state index contributed by atoms with van der Waals surface area (Å²) >= 11 is 6.17. The highest BCUT2D eigenvalue weighted by molar-refractivity contribution is 6.30. The maximum atomic E-state index is 13.4. The first-order valence-electron chi connectivity index (χ1n) is 9.90. The second kappa shape index (κ2) is 8.28. The summed E-state index contributed by atoms with van der Waals surface area (Å²) in [6, 6.07) is 17.1. The number of pyridine rings is 1. The first-order chi connectivity index (χ1) is 14.5. The Labute approximate surface area is 180 Å². The van der Waals surface area contributed by atoms with E-state index in [1.165, 1.54) is 0 Å². The highest BCUT2D eigenvalue weighted by Crippen LogP contribution is 2.27. The number of aryl methyl sites for hydroxylation is 1. The summed E-state index contributed by atoms with van der Waals surface area (Å²) in [5.41, 5.74) is 5.13. The van der Waals surface area contributed by atoms with Gasteiger partial charge in [0.05, 0.1) is 23.0 Å². The number of rotatable bonds is 5. The number of nitrogens with zero attached hydrogens (tertiary/aromatic N) is 4. The maximum Gasteiger partial charge on any atom is 0.254 e.